The van der Waals surface area contributed by atoms with Crippen molar-refractivity contribution in [3.05, 3.63) is 53.7 Å². The van der Waals surface area contributed by atoms with Crippen molar-refractivity contribution in [2.24, 2.45) is 0 Å². The number of oxazole rings is 1. The van der Waals surface area contributed by atoms with Crippen LogP contribution in [0.2, 0.25) is 0 Å². The summed E-state index contributed by atoms with van der Waals surface area (Å²) in [4.78, 5) is 27.2. The molecule has 0 saturated heterocycles. The maximum absolute atomic E-state index is 12.0. The minimum Gasteiger partial charge on any atom is -0.438 e. The molecule has 0 bridgehead atoms. The Morgan fingerprint density at radius 1 is 1.08 bits per heavy atom. The fourth-order valence-corrected chi connectivity index (χ4v) is 2.48. The van der Waals surface area contributed by atoms with Crippen LogP contribution in [0.15, 0.2) is 40.9 Å². The summed E-state index contributed by atoms with van der Waals surface area (Å²) in [6.07, 6.45) is 7.16. The van der Waals surface area contributed by atoms with E-state index < -0.39 is 0 Å². The molecule has 0 unspecified atom stereocenters. The first-order valence-corrected chi connectivity index (χ1v) is 8.41. The molecule has 0 fully saturated rings. The quantitative estimate of drug-likeness (QED) is 0.536. The molecule has 0 spiro atoms. The largest absolute Gasteiger partial charge is 0.438 e. The van der Waals surface area contributed by atoms with Gasteiger partial charge in [0.2, 0.25) is 11.7 Å². The molecular formula is C19H24N2O3. The Kier molecular flexibility index (Phi) is 7.21. The summed E-state index contributed by atoms with van der Waals surface area (Å²) in [5, 5.41) is 2.51. The molecule has 0 aliphatic rings. The molecule has 0 saturated carbocycles. The number of ketones is 1. The van der Waals surface area contributed by atoms with E-state index >= 15 is 0 Å². The summed E-state index contributed by atoms with van der Waals surface area (Å²) >= 11 is 0. The van der Waals surface area contributed by atoms with E-state index in [1.165, 1.54) is 11.8 Å². The van der Waals surface area contributed by atoms with Gasteiger partial charge in [0.05, 0.1) is 12.6 Å². The van der Waals surface area contributed by atoms with Crippen LogP contribution in [0.5, 0.6) is 0 Å². The highest BCUT2D eigenvalue weighted by molar-refractivity contribution is 5.91. The second-order valence-corrected chi connectivity index (χ2v) is 5.80. The van der Waals surface area contributed by atoms with E-state index in [9.17, 15) is 9.59 Å². The van der Waals surface area contributed by atoms with Gasteiger partial charge in [0.15, 0.2) is 0 Å². The van der Waals surface area contributed by atoms with Crippen molar-refractivity contribution in [2.45, 2.75) is 44.9 Å². The maximum Gasteiger partial charge on any atom is 0.263 e. The van der Waals surface area contributed by atoms with Crippen LogP contribution < -0.4 is 5.32 Å². The van der Waals surface area contributed by atoms with E-state index in [2.05, 4.69) is 34.6 Å². The highest BCUT2D eigenvalue weighted by Crippen LogP contribution is 2.12. The van der Waals surface area contributed by atoms with Crippen molar-refractivity contribution in [3.63, 3.8) is 0 Å². The molecule has 1 aromatic carbocycles. The summed E-state index contributed by atoms with van der Waals surface area (Å²) in [6.45, 7) is 0. The van der Waals surface area contributed by atoms with E-state index in [0.717, 1.165) is 32.1 Å². The van der Waals surface area contributed by atoms with Crippen molar-refractivity contribution in [3.8, 4) is 0 Å². The molecule has 2 rings (SSSR count). The van der Waals surface area contributed by atoms with Gasteiger partial charge in [0.1, 0.15) is 5.76 Å². The predicted octanol–water partition coefficient (Wildman–Crippen LogP) is 3.34. The van der Waals surface area contributed by atoms with Crippen LogP contribution in [0.25, 0.3) is 0 Å². The summed E-state index contributed by atoms with van der Waals surface area (Å²) < 4.78 is 5.33. The number of carbonyl (C=O) groups excluding carboxylic acids is 2. The Balaban J connectivity index is 1.62. The number of rotatable bonds is 10. The lowest BCUT2D eigenvalue weighted by molar-refractivity contribution is -0.120. The lowest BCUT2D eigenvalue weighted by Gasteiger charge is -2.01. The van der Waals surface area contributed by atoms with E-state index in [4.69, 9.17) is 4.42 Å². The van der Waals surface area contributed by atoms with Crippen molar-refractivity contribution in [1.29, 1.82) is 0 Å². The van der Waals surface area contributed by atoms with Gasteiger partial charge in [0.25, 0.3) is 5.89 Å². The fraction of sp³-hybridized carbons (Fsp3) is 0.421. The lowest BCUT2D eigenvalue weighted by Crippen LogP contribution is -2.19. The number of Topliss-reactive ketones (excluding diaryl/α,β-unsaturated/α-hetero) is 1. The zero-order valence-corrected chi connectivity index (χ0v) is 14.1. The normalized spacial score (nSPS) is 10.5. The van der Waals surface area contributed by atoms with E-state index in [0.29, 0.717) is 12.2 Å². The second-order valence-electron chi connectivity index (χ2n) is 5.80. The third kappa shape index (κ3) is 5.99. The number of hydrogen-bond acceptors (Lipinski definition) is 4. The van der Waals surface area contributed by atoms with Gasteiger partial charge in [-0.2, -0.15) is 0 Å². The molecule has 0 aliphatic heterocycles. The van der Waals surface area contributed by atoms with Crippen LogP contribution in [0.3, 0.4) is 0 Å². The molecule has 5 heteroatoms. The third-order valence-electron chi connectivity index (χ3n) is 3.87. The molecule has 128 valence electrons. The number of benzene rings is 1. The lowest BCUT2D eigenvalue weighted by atomic mass is 10.0. The Morgan fingerprint density at radius 2 is 1.83 bits per heavy atom. The molecule has 1 heterocycles. The zero-order valence-electron chi connectivity index (χ0n) is 14.1. The highest BCUT2D eigenvalue weighted by atomic mass is 16.4. The molecule has 0 aliphatic carbocycles. The predicted molar refractivity (Wildman–Crippen MR) is 91.8 cm³/mol. The molecule has 5 nitrogen and oxygen atoms in total. The van der Waals surface area contributed by atoms with Crippen molar-refractivity contribution in [2.75, 3.05) is 7.05 Å². The van der Waals surface area contributed by atoms with Gasteiger partial charge in [-0.05, 0) is 24.8 Å². The summed E-state index contributed by atoms with van der Waals surface area (Å²) in [5.74, 6) is 0.267. The van der Waals surface area contributed by atoms with Crippen LogP contribution >= 0.6 is 0 Å². The average Bonchev–Trinajstić information content (AvgIpc) is 3.07. The third-order valence-corrected chi connectivity index (χ3v) is 3.87. The number of carbonyl (C=O) groups is 2. The van der Waals surface area contributed by atoms with Gasteiger partial charge in [-0.15, -0.1) is 0 Å². The Bertz CT molecular complexity index is 650. The van der Waals surface area contributed by atoms with Crippen LogP contribution in [0.4, 0.5) is 0 Å². The van der Waals surface area contributed by atoms with Gasteiger partial charge in [0, 0.05) is 13.5 Å². The minimum absolute atomic E-state index is 0.0961. The smallest absolute Gasteiger partial charge is 0.263 e. The number of nitrogens with one attached hydrogen (secondary N) is 1. The molecule has 2 aromatic rings. The highest BCUT2D eigenvalue weighted by Gasteiger charge is 2.14. The SMILES string of the molecule is CNC(=O)Cc1cnc(C(=O)CCCCCCc2ccccc2)o1. The number of amides is 1. The van der Waals surface area contributed by atoms with Crippen molar-refractivity contribution >= 4 is 11.7 Å². The number of aromatic nitrogens is 1. The molecule has 1 aromatic heterocycles. The second kappa shape index (κ2) is 9.65. The Morgan fingerprint density at radius 3 is 2.58 bits per heavy atom. The Labute approximate surface area is 142 Å². The first kappa shape index (κ1) is 17.9. The summed E-state index contributed by atoms with van der Waals surface area (Å²) in [5.41, 5.74) is 1.36. The first-order valence-electron chi connectivity index (χ1n) is 8.41. The van der Waals surface area contributed by atoms with Gasteiger partial charge >= 0.3 is 0 Å². The maximum atomic E-state index is 12.0. The van der Waals surface area contributed by atoms with Crippen LogP contribution in [-0.2, 0) is 17.6 Å². The first-order chi connectivity index (χ1) is 11.7. The molecule has 0 atom stereocenters. The van der Waals surface area contributed by atoms with Gasteiger partial charge in [-0.3, -0.25) is 9.59 Å². The number of aryl methyl sites for hydroxylation is 1. The average molecular weight is 328 g/mol. The van der Waals surface area contributed by atoms with Crippen LogP contribution in [-0.4, -0.2) is 23.7 Å². The number of hydrogen-bond donors (Lipinski definition) is 1. The zero-order chi connectivity index (χ0) is 17.2. The fourth-order valence-electron chi connectivity index (χ4n) is 2.48. The Hall–Kier alpha value is -2.43. The number of nitrogens with zero attached hydrogens (tertiary/aromatic N) is 1. The van der Waals surface area contributed by atoms with E-state index in [1.54, 1.807) is 7.05 Å². The molecule has 24 heavy (non-hydrogen) atoms. The topological polar surface area (TPSA) is 72.2 Å². The number of likely N-dealkylation sites (N-methyl/N-ethyl adjacent to an activating group) is 1. The van der Waals surface area contributed by atoms with Crippen molar-refractivity contribution in [1.82, 2.24) is 10.3 Å². The molecule has 1 amide bonds. The molecular weight excluding hydrogens is 304 g/mol. The van der Waals surface area contributed by atoms with Gasteiger partial charge in [-0.25, -0.2) is 4.98 Å². The van der Waals surface area contributed by atoms with E-state index in [-0.39, 0.29) is 24.0 Å². The van der Waals surface area contributed by atoms with Gasteiger partial charge in [-0.1, -0.05) is 43.2 Å². The molecule has 1 N–H and O–H groups in total. The summed E-state index contributed by atoms with van der Waals surface area (Å²) in [6, 6.07) is 10.4. The molecule has 0 radical (unpaired) electrons. The minimum atomic E-state index is -0.163. The van der Waals surface area contributed by atoms with Crippen molar-refractivity contribution < 1.29 is 14.0 Å². The van der Waals surface area contributed by atoms with Crippen LogP contribution in [0.1, 0.15) is 54.1 Å². The number of unbranched alkanes of at least 4 members (excludes halogenated alkanes) is 3. The van der Waals surface area contributed by atoms with Gasteiger partial charge < -0.3 is 9.73 Å². The monoisotopic (exact) mass is 328 g/mol. The summed E-state index contributed by atoms with van der Waals surface area (Å²) in [7, 11) is 1.56. The standard InChI is InChI=1S/C19H24N2O3/c1-20-18(23)13-16-14-21-19(24-16)17(22)12-8-3-2-5-9-15-10-6-4-7-11-15/h4,6-7,10-11,14H,2-3,5,8-9,12-13H2,1H3,(H,20,23). The van der Waals surface area contributed by atoms with E-state index in [1.807, 2.05) is 6.07 Å². The van der Waals surface area contributed by atoms with Crippen LogP contribution in [0, 0.1) is 0 Å².